The van der Waals surface area contributed by atoms with E-state index in [1.165, 1.54) is 0 Å². The lowest BCUT2D eigenvalue weighted by atomic mass is 10.2. The Morgan fingerprint density at radius 1 is 1.18 bits per heavy atom. The first-order valence-corrected chi connectivity index (χ1v) is 7.88. The van der Waals surface area contributed by atoms with Crippen molar-refractivity contribution in [2.45, 2.75) is 44.4 Å². The molecule has 118 valence electrons. The van der Waals surface area contributed by atoms with Gasteiger partial charge < -0.3 is 14.4 Å². The summed E-state index contributed by atoms with van der Waals surface area (Å²) in [5, 5.41) is 0. The first kappa shape index (κ1) is 15.0. The third-order valence-electron chi connectivity index (χ3n) is 4.24. The third kappa shape index (κ3) is 3.30. The summed E-state index contributed by atoms with van der Waals surface area (Å²) in [4.78, 5) is 26.4. The lowest BCUT2D eigenvalue weighted by Gasteiger charge is -2.25. The summed E-state index contributed by atoms with van der Waals surface area (Å²) in [7, 11) is 0. The molecule has 3 rings (SSSR count). The minimum Gasteiger partial charge on any atom is -0.459 e. The predicted molar refractivity (Wildman–Crippen MR) is 79.9 cm³/mol. The molecule has 1 aromatic rings. The van der Waals surface area contributed by atoms with Crippen LogP contribution in [0.15, 0.2) is 30.3 Å². The van der Waals surface area contributed by atoms with E-state index >= 15 is 0 Å². The van der Waals surface area contributed by atoms with Crippen LogP contribution in [0.4, 0.5) is 0 Å². The zero-order valence-electron chi connectivity index (χ0n) is 12.6. The first-order chi connectivity index (χ1) is 10.8. The summed E-state index contributed by atoms with van der Waals surface area (Å²) >= 11 is 0. The van der Waals surface area contributed by atoms with E-state index in [0.29, 0.717) is 19.6 Å². The Hall–Kier alpha value is -1.88. The van der Waals surface area contributed by atoms with Gasteiger partial charge in [-0.3, -0.25) is 4.79 Å². The van der Waals surface area contributed by atoms with E-state index in [1.807, 2.05) is 30.3 Å². The number of hydrogen-bond donors (Lipinski definition) is 0. The summed E-state index contributed by atoms with van der Waals surface area (Å²) in [5.41, 5.74) is 0.950. The molecule has 1 amide bonds. The van der Waals surface area contributed by atoms with E-state index in [9.17, 15) is 9.59 Å². The molecular weight excluding hydrogens is 282 g/mol. The number of esters is 1. The molecule has 2 saturated heterocycles. The molecule has 0 spiro atoms. The van der Waals surface area contributed by atoms with E-state index in [4.69, 9.17) is 9.47 Å². The van der Waals surface area contributed by atoms with Gasteiger partial charge >= 0.3 is 5.97 Å². The fourth-order valence-corrected chi connectivity index (χ4v) is 3.06. The normalized spacial score (nSPS) is 24.5. The minimum atomic E-state index is -0.458. The number of carbonyl (C=O) groups is 2. The molecule has 1 aromatic carbocycles. The van der Waals surface area contributed by atoms with Crippen molar-refractivity contribution in [2.24, 2.45) is 0 Å². The van der Waals surface area contributed by atoms with Crippen molar-refractivity contribution >= 4 is 11.9 Å². The van der Waals surface area contributed by atoms with Crippen LogP contribution in [0.3, 0.4) is 0 Å². The number of amides is 1. The molecule has 0 N–H and O–H groups in total. The van der Waals surface area contributed by atoms with Crippen molar-refractivity contribution in [3.63, 3.8) is 0 Å². The topological polar surface area (TPSA) is 55.8 Å². The summed E-state index contributed by atoms with van der Waals surface area (Å²) in [6.07, 6.45) is 2.80. The molecule has 0 aliphatic carbocycles. The van der Waals surface area contributed by atoms with Crippen molar-refractivity contribution in [2.75, 3.05) is 13.2 Å². The lowest BCUT2D eigenvalue weighted by Crippen LogP contribution is -2.45. The quantitative estimate of drug-likeness (QED) is 0.797. The lowest BCUT2D eigenvalue weighted by molar-refractivity contribution is -0.157. The molecule has 5 nitrogen and oxygen atoms in total. The van der Waals surface area contributed by atoms with Crippen molar-refractivity contribution in [3.05, 3.63) is 35.9 Å². The highest BCUT2D eigenvalue weighted by molar-refractivity contribution is 5.87. The highest BCUT2D eigenvalue weighted by Gasteiger charge is 2.39. The Labute approximate surface area is 130 Å². The molecule has 0 aromatic heterocycles. The van der Waals surface area contributed by atoms with Crippen LogP contribution in [0.1, 0.15) is 31.2 Å². The van der Waals surface area contributed by atoms with Gasteiger partial charge in [0.15, 0.2) is 0 Å². The van der Waals surface area contributed by atoms with Crippen molar-refractivity contribution in [1.29, 1.82) is 0 Å². The largest absolute Gasteiger partial charge is 0.459 e. The van der Waals surface area contributed by atoms with E-state index in [-0.39, 0.29) is 24.6 Å². The van der Waals surface area contributed by atoms with Gasteiger partial charge in [-0.05, 0) is 31.2 Å². The van der Waals surface area contributed by atoms with E-state index in [2.05, 4.69) is 0 Å². The van der Waals surface area contributed by atoms with Crippen molar-refractivity contribution < 1.29 is 19.1 Å². The number of nitrogens with zero attached hydrogens (tertiary/aromatic N) is 1. The molecule has 2 fully saturated rings. The Morgan fingerprint density at radius 3 is 2.73 bits per heavy atom. The minimum absolute atomic E-state index is 0.0586. The second-order valence-corrected chi connectivity index (χ2v) is 5.78. The van der Waals surface area contributed by atoms with E-state index in [0.717, 1.165) is 24.8 Å². The average Bonchev–Trinajstić information content (AvgIpc) is 3.24. The maximum absolute atomic E-state index is 12.4. The summed E-state index contributed by atoms with van der Waals surface area (Å²) < 4.78 is 10.8. The van der Waals surface area contributed by atoms with Gasteiger partial charge in [-0.2, -0.15) is 0 Å². The highest BCUT2D eigenvalue weighted by atomic mass is 16.5. The van der Waals surface area contributed by atoms with Crippen molar-refractivity contribution in [3.8, 4) is 0 Å². The Morgan fingerprint density at radius 2 is 2.00 bits per heavy atom. The zero-order valence-corrected chi connectivity index (χ0v) is 12.6. The number of hydrogen-bond acceptors (Lipinski definition) is 4. The van der Waals surface area contributed by atoms with Gasteiger partial charge in [-0.1, -0.05) is 30.3 Å². The van der Waals surface area contributed by atoms with Crippen LogP contribution in [0.2, 0.25) is 0 Å². The summed E-state index contributed by atoms with van der Waals surface area (Å²) in [6.45, 7) is 1.50. The highest BCUT2D eigenvalue weighted by Crippen LogP contribution is 2.23. The van der Waals surface area contributed by atoms with Crippen LogP contribution in [0, 0.1) is 0 Å². The molecule has 2 aliphatic rings. The second-order valence-electron chi connectivity index (χ2n) is 5.78. The standard InChI is InChI=1S/C17H21NO4/c19-16(15-9-5-11-21-15)18-10-4-8-14(18)17(20)22-12-13-6-2-1-3-7-13/h1-3,6-7,14-15H,4-5,8-12H2/t14-,15-/m1/s1. The molecule has 0 saturated carbocycles. The summed E-state index contributed by atoms with van der Waals surface area (Å²) in [6, 6.07) is 9.11. The van der Waals surface area contributed by atoms with Crippen LogP contribution in [-0.4, -0.2) is 42.1 Å². The van der Waals surface area contributed by atoms with Gasteiger partial charge in [0.05, 0.1) is 0 Å². The summed E-state index contributed by atoms with van der Waals surface area (Å²) in [5.74, 6) is -0.371. The van der Waals surface area contributed by atoms with Gasteiger partial charge in [-0.25, -0.2) is 4.79 Å². The number of likely N-dealkylation sites (tertiary alicyclic amines) is 1. The van der Waals surface area contributed by atoms with E-state index < -0.39 is 6.04 Å². The maximum Gasteiger partial charge on any atom is 0.329 e. The van der Waals surface area contributed by atoms with Crippen LogP contribution in [-0.2, 0) is 25.7 Å². The zero-order chi connectivity index (χ0) is 15.4. The van der Waals surface area contributed by atoms with Crippen LogP contribution < -0.4 is 0 Å². The molecule has 0 unspecified atom stereocenters. The Bertz CT molecular complexity index is 525. The SMILES string of the molecule is O=C(OCc1ccccc1)[C@H]1CCCN1C(=O)[C@H]1CCCO1. The fourth-order valence-electron chi connectivity index (χ4n) is 3.06. The molecule has 2 atom stereocenters. The van der Waals surface area contributed by atoms with E-state index in [1.54, 1.807) is 4.90 Å². The maximum atomic E-state index is 12.4. The smallest absolute Gasteiger partial charge is 0.329 e. The second kappa shape index (κ2) is 6.92. The van der Waals surface area contributed by atoms with Crippen LogP contribution >= 0.6 is 0 Å². The van der Waals surface area contributed by atoms with Gasteiger partial charge in [0.1, 0.15) is 18.8 Å². The number of carbonyl (C=O) groups excluding carboxylic acids is 2. The number of benzene rings is 1. The van der Waals surface area contributed by atoms with Crippen molar-refractivity contribution in [1.82, 2.24) is 4.90 Å². The van der Waals surface area contributed by atoms with Gasteiger partial charge in [0.2, 0.25) is 0 Å². The molecule has 2 heterocycles. The Kier molecular flexibility index (Phi) is 4.73. The fraction of sp³-hybridized carbons (Fsp3) is 0.529. The molecule has 0 bridgehead atoms. The van der Waals surface area contributed by atoms with Gasteiger partial charge in [-0.15, -0.1) is 0 Å². The van der Waals surface area contributed by atoms with Gasteiger partial charge in [0.25, 0.3) is 5.91 Å². The molecule has 0 radical (unpaired) electrons. The molecule has 2 aliphatic heterocycles. The van der Waals surface area contributed by atoms with Crippen LogP contribution in [0.5, 0.6) is 0 Å². The number of rotatable bonds is 4. The first-order valence-electron chi connectivity index (χ1n) is 7.88. The third-order valence-corrected chi connectivity index (χ3v) is 4.24. The molecular formula is C17H21NO4. The molecule has 5 heteroatoms. The predicted octanol–water partition coefficient (Wildman–Crippen LogP) is 1.90. The average molecular weight is 303 g/mol. The molecule has 22 heavy (non-hydrogen) atoms. The Balaban J connectivity index is 1.57. The van der Waals surface area contributed by atoms with Crippen LogP contribution in [0.25, 0.3) is 0 Å². The van der Waals surface area contributed by atoms with Gasteiger partial charge in [0, 0.05) is 13.2 Å². The monoisotopic (exact) mass is 303 g/mol. The number of ether oxygens (including phenoxy) is 2.